The van der Waals surface area contributed by atoms with Gasteiger partial charge in [-0.1, -0.05) is 19.9 Å². The van der Waals surface area contributed by atoms with E-state index in [1.807, 2.05) is 18.0 Å². The van der Waals surface area contributed by atoms with Crippen LogP contribution in [-0.2, 0) is 11.3 Å². The van der Waals surface area contributed by atoms with E-state index < -0.39 is 0 Å². The van der Waals surface area contributed by atoms with Crippen LogP contribution in [-0.4, -0.2) is 55.5 Å². The molecule has 1 rings (SSSR count). The lowest BCUT2D eigenvalue weighted by atomic mass is 10.3. The van der Waals surface area contributed by atoms with E-state index in [0.717, 1.165) is 32.7 Å². The Labute approximate surface area is 120 Å². The average Bonchev–Trinajstić information content (AvgIpc) is 2.91. The molecular formula is C14H25N3OS. The van der Waals surface area contributed by atoms with Crippen molar-refractivity contribution in [3.63, 3.8) is 0 Å². The third-order valence-corrected chi connectivity index (χ3v) is 4.05. The van der Waals surface area contributed by atoms with Crippen LogP contribution >= 0.6 is 11.3 Å². The van der Waals surface area contributed by atoms with E-state index in [9.17, 15) is 4.79 Å². The topological polar surface area (TPSA) is 35.6 Å². The van der Waals surface area contributed by atoms with Crippen molar-refractivity contribution in [1.82, 2.24) is 15.1 Å². The Morgan fingerprint density at radius 1 is 1.32 bits per heavy atom. The molecule has 19 heavy (non-hydrogen) atoms. The first-order valence-electron chi connectivity index (χ1n) is 6.88. The summed E-state index contributed by atoms with van der Waals surface area (Å²) in [6.07, 6.45) is 0. The number of hydrogen-bond acceptors (Lipinski definition) is 4. The number of carbonyl (C=O) groups excluding carboxylic acids is 1. The molecule has 1 aromatic rings. The fraction of sp³-hybridized carbons (Fsp3) is 0.643. The number of thiophene rings is 1. The molecule has 5 heteroatoms. The van der Waals surface area contributed by atoms with Crippen molar-refractivity contribution in [3.05, 3.63) is 22.4 Å². The average molecular weight is 283 g/mol. The molecule has 1 amide bonds. The van der Waals surface area contributed by atoms with Crippen LogP contribution in [0.1, 0.15) is 18.7 Å². The number of likely N-dealkylation sites (N-methyl/N-ethyl adjacent to an activating group) is 2. The van der Waals surface area contributed by atoms with Gasteiger partial charge in [0.1, 0.15) is 0 Å². The maximum atomic E-state index is 12.1. The maximum absolute atomic E-state index is 12.1. The Bertz CT molecular complexity index is 350. The van der Waals surface area contributed by atoms with Gasteiger partial charge in [0.05, 0.1) is 13.1 Å². The lowest BCUT2D eigenvalue weighted by Gasteiger charge is -2.26. The molecule has 0 saturated heterocycles. The van der Waals surface area contributed by atoms with Gasteiger partial charge in [0.2, 0.25) is 5.91 Å². The third-order valence-electron chi connectivity index (χ3n) is 3.19. The van der Waals surface area contributed by atoms with E-state index in [2.05, 4.69) is 35.5 Å². The van der Waals surface area contributed by atoms with Crippen LogP contribution in [0, 0.1) is 0 Å². The van der Waals surface area contributed by atoms with E-state index in [4.69, 9.17) is 0 Å². The molecule has 0 unspecified atom stereocenters. The standard InChI is InChI=1S/C14H25N3OS/c1-4-16(5-2)8-9-17(14(18)11-15-3)12-13-7-6-10-19-13/h6-7,10,15H,4-5,8-9,11-12H2,1-3H3. The summed E-state index contributed by atoms with van der Waals surface area (Å²) < 4.78 is 0. The molecule has 1 N–H and O–H groups in total. The predicted molar refractivity (Wildman–Crippen MR) is 81.5 cm³/mol. The summed E-state index contributed by atoms with van der Waals surface area (Å²) in [7, 11) is 1.81. The molecule has 0 bridgehead atoms. The van der Waals surface area contributed by atoms with E-state index in [1.165, 1.54) is 4.88 Å². The molecule has 0 fully saturated rings. The smallest absolute Gasteiger partial charge is 0.236 e. The van der Waals surface area contributed by atoms with Gasteiger partial charge in [-0.25, -0.2) is 0 Å². The molecule has 0 radical (unpaired) electrons. The molecule has 0 aromatic carbocycles. The second-order valence-electron chi connectivity index (χ2n) is 4.45. The summed E-state index contributed by atoms with van der Waals surface area (Å²) in [6, 6.07) is 4.12. The Hall–Kier alpha value is -0.910. The van der Waals surface area contributed by atoms with Gasteiger partial charge in [0, 0.05) is 18.0 Å². The second-order valence-corrected chi connectivity index (χ2v) is 5.48. The summed E-state index contributed by atoms with van der Waals surface area (Å²) in [5.74, 6) is 0.169. The summed E-state index contributed by atoms with van der Waals surface area (Å²) in [5.41, 5.74) is 0. The monoisotopic (exact) mass is 283 g/mol. The number of hydrogen-bond donors (Lipinski definition) is 1. The van der Waals surface area contributed by atoms with Crippen molar-refractivity contribution < 1.29 is 4.79 Å². The minimum Gasteiger partial charge on any atom is -0.335 e. The van der Waals surface area contributed by atoms with Gasteiger partial charge in [-0.2, -0.15) is 0 Å². The molecule has 0 spiro atoms. The van der Waals surface area contributed by atoms with Crippen molar-refractivity contribution in [2.75, 3.05) is 39.8 Å². The Morgan fingerprint density at radius 3 is 2.58 bits per heavy atom. The summed E-state index contributed by atoms with van der Waals surface area (Å²) >= 11 is 1.70. The van der Waals surface area contributed by atoms with Gasteiger partial charge in [-0.15, -0.1) is 11.3 Å². The quantitative estimate of drug-likeness (QED) is 0.748. The fourth-order valence-corrected chi connectivity index (χ4v) is 2.67. The van der Waals surface area contributed by atoms with Crippen LogP contribution in [0.15, 0.2) is 17.5 Å². The highest BCUT2D eigenvalue weighted by molar-refractivity contribution is 7.09. The Kier molecular flexibility index (Phi) is 7.70. The molecule has 0 aliphatic rings. The number of amides is 1. The Morgan fingerprint density at radius 2 is 2.05 bits per heavy atom. The minimum atomic E-state index is 0.169. The minimum absolute atomic E-state index is 0.169. The zero-order valence-corrected chi connectivity index (χ0v) is 13.0. The van der Waals surface area contributed by atoms with E-state index >= 15 is 0 Å². The van der Waals surface area contributed by atoms with E-state index in [-0.39, 0.29) is 5.91 Å². The normalized spacial score (nSPS) is 10.9. The Balaban J connectivity index is 2.56. The van der Waals surface area contributed by atoms with Crippen LogP contribution in [0.25, 0.3) is 0 Å². The lowest BCUT2D eigenvalue weighted by molar-refractivity contribution is -0.130. The molecule has 0 saturated carbocycles. The maximum Gasteiger partial charge on any atom is 0.236 e. The van der Waals surface area contributed by atoms with Gasteiger partial charge in [-0.3, -0.25) is 4.79 Å². The fourth-order valence-electron chi connectivity index (χ4n) is 1.95. The van der Waals surface area contributed by atoms with Crippen molar-refractivity contribution in [2.45, 2.75) is 20.4 Å². The molecular weight excluding hydrogens is 258 g/mol. The number of nitrogens with one attached hydrogen (secondary N) is 1. The molecule has 0 aliphatic carbocycles. The van der Waals surface area contributed by atoms with Gasteiger partial charge in [-0.05, 0) is 31.6 Å². The van der Waals surface area contributed by atoms with Crippen LogP contribution in [0.2, 0.25) is 0 Å². The lowest BCUT2D eigenvalue weighted by Crippen LogP contribution is -2.41. The highest BCUT2D eigenvalue weighted by Crippen LogP contribution is 2.12. The first-order valence-corrected chi connectivity index (χ1v) is 7.76. The molecule has 4 nitrogen and oxygen atoms in total. The second kappa shape index (κ2) is 9.07. The summed E-state index contributed by atoms with van der Waals surface area (Å²) in [4.78, 5) is 17.6. The van der Waals surface area contributed by atoms with Gasteiger partial charge >= 0.3 is 0 Å². The summed E-state index contributed by atoms with van der Waals surface area (Å²) in [5, 5.41) is 5.00. The van der Waals surface area contributed by atoms with Crippen molar-refractivity contribution >= 4 is 17.2 Å². The van der Waals surface area contributed by atoms with E-state index in [0.29, 0.717) is 6.54 Å². The molecule has 1 heterocycles. The zero-order valence-electron chi connectivity index (χ0n) is 12.2. The highest BCUT2D eigenvalue weighted by Gasteiger charge is 2.14. The van der Waals surface area contributed by atoms with Crippen molar-refractivity contribution in [1.29, 1.82) is 0 Å². The van der Waals surface area contributed by atoms with E-state index in [1.54, 1.807) is 11.3 Å². The van der Waals surface area contributed by atoms with Gasteiger partial charge in [0.15, 0.2) is 0 Å². The molecule has 0 atom stereocenters. The van der Waals surface area contributed by atoms with Crippen molar-refractivity contribution in [3.8, 4) is 0 Å². The first kappa shape index (κ1) is 16.1. The number of carbonyl (C=O) groups is 1. The SMILES string of the molecule is CCN(CC)CCN(Cc1cccs1)C(=O)CNC. The zero-order chi connectivity index (χ0) is 14.1. The van der Waals surface area contributed by atoms with Gasteiger partial charge in [0.25, 0.3) is 0 Å². The molecule has 0 aliphatic heterocycles. The largest absolute Gasteiger partial charge is 0.335 e. The third kappa shape index (κ3) is 5.72. The molecule has 108 valence electrons. The molecule has 1 aromatic heterocycles. The van der Waals surface area contributed by atoms with Crippen LogP contribution < -0.4 is 5.32 Å². The summed E-state index contributed by atoms with van der Waals surface area (Å²) in [6.45, 7) is 9.23. The predicted octanol–water partition coefficient (Wildman–Crippen LogP) is 1.64. The van der Waals surface area contributed by atoms with Crippen molar-refractivity contribution in [2.24, 2.45) is 0 Å². The first-order chi connectivity index (χ1) is 9.21. The van der Waals surface area contributed by atoms with Crippen LogP contribution in [0.3, 0.4) is 0 Å². The van der Waals surface area contributed by atoms with Crippen LogP contribution in [0.4, 0.5) is 0 Å². The number of nitrogens with zero attached hydrogens (tertiary/aromatic N) is 2. The van der Waals surface area contributed by atoms with Crippen LogP contribution in [0.5, 0.6) is 0 Å². The highest BCUT2D eigenvalue weighted by atomic mass is 32.1. The number of rotatable bonds is 9. The van der Waals surface area contributed by atoms with Gasteiger partial charge < -0.3 is 15.1 Å².